The monoisotopic (exact) mass is 330 g/mol. The molecule has 1 N–H and O–H groups in total. The molecule has 0 unspecified atom stereocenters. The molecule has 0 aromatic carbocycles. The Morgan fingerprint density at radius 3 is 2.67 bits per heavy atom. The average Bonchev–Trinajstić information content (AvgIpc) is 2.81. The van der Waals surface area contributed by atoms with Crippen LogP contribution in [0.5, 0.6) is 0 Å². The lowest BCUT2D eigenvalue weighted by Gasteiger charge is -2.56. The highest BCUT2D eigenvalue weighted by atomic mass is 16.3. The Hall–Kier alpha value is -0.960. The van der Waals surface area contributed by atoms with Gasteiger partial charge in [0.15, 0.2) is 11.6 Å². The molecule has 3 saturated carbocycles. The van der Waals surface area contributed by atoms with Crippen LogP contribution in [0.4, 0.5) is 0 Å². The molecule has 24 heavy (non-hydrogen) atoms. The van der Waals surface area contributed by atoms with Crippen LogP contribution in [0.25, 0.3) is 0 Å². The van der Waals surface area contributed by atoms with Crippen molar-refractivity contribution >= 4 is 11.6 Å². The van der Waals surface area contributed by atoms with Gasteiger partial charge in [-0.25, -0.2) is 0 Å². The van der Waals surface area contributed by atoms with Crippen LogP contribution in [0, 0.1) is 35.0 Å². The first-order valence-electron chi connectivity index (χ1n) is 9.75. The van der Waals surface area contributed by atoms with Crippen LogP contribution >= 0.6 is 0 Å². The van der Waals surface area contributed by atoms with Crippen molar-refractivity contribution in [1.29, 1.82) is 0 Å². The van der Waals surface area contributed by atoms with E-state index in [-0.39, 0.29) is 11.2 Å². The zero-order valence-corrected chi connectivity index (χ0v) is 15.2. The largest absolute Gasteiger partial charge is 0.382 e. The summed E-state index contributed by atoms with van der Waals surface area (Å²) in [7, 11) is 0. The van der Waals surface area contributed by atoms with Gasteiger partial charge in [0.05, 0.1) is 0 Å². The number of hydrogen-bond acceptors (Lipinski definition) is 3. The summed E-state index contributed by atoms with van der Waals surface area (Å²) in [4.78, 5) is 24.1. The molecular formula is C21H30O3. The molecule has 3 fully saturated rings. The van der Waals surface area contributed by atoms with Crippen molar-refractivity contribution in [2.75, 3.05) is 0 Å². The highest BCUT2D eigenvalue weighted by molar-refractivity contribution is 5.91. The highest BCUT2D eigenvalue weighted by Crippen LogP contribution is 2.65. The molecule has 3 nitrogen and oxygen atoms in total. The topological polar surface area (TPSA) is 54.4 Å². The van der Waals surface area contributed by atoms with Crippen LogP contribution in [0.1, 0.15) is 65.7 Å². The van der Waals surface area contributed by atoms with Crippen molar-refractivity contribution in [3.05, 3.63) is 11.6 Å². The zero-order valence-electron chi connectivity index (χ0n) is 15.2. The molecule has 0 heterocycles. The summed E-state index contributed by atoms with van der Waals surface area (Å²) in [5.74, 6) is 2.99. The van der Waals surface area contributed by atoms with Gasteiger partial charge < -0.3 is 5.11 Å². The molecule has 0 saturated heterocycles. The minimum atomic E-state index is -1.12. The number of carbonyl (C=O) groups excluding carboxylic acids is 2. The quantitative estimate of drug-likeness (QED) is 0.797. The molecule has 0 spiro atoms. The van der Waals surface area contributed by atoms with Crippen molar-refractivity contribution in [2.24, 2.45) is 35.0 Å². The summed E-state index contributed by atoms with van der Waals surface area (Å²) in [6.07, 6.45) is 8.42. The number of carbonyl (C=O) groups is 2. The van der Waals surface area contributed by atoms with Crippen molar-refractivity contribution in [3.63, 3.8) is 0 Å². The molecule has 0 amide bonds. The predicted molar refractivity (Wildman–Crippen MR) is 92.3 cm³/mol. The molecule has 0 aromatic heterocycles. The molecule has 7 atom stereocenters. The van der Waals surface area contributed by atoms with Crippen LogP contribution in [0.2, 0.25) is 0 Å². The summed E-state index contributed by atoms with van der Waals surface area (Å²) in [6.45, 7) is 6.01. The second-order valence-corrected chi connectivity index (χ2v) is 9.24. The fraction of sp³-hybridized carbons (Fsp3) is 0.810. The van der Waals surface area contributed by atoms with Gasteiger partial charge in [-0.15, -0.1) is 0 Å². The van der Waals surface area contributed by atoms with E-state index < -0.39 is 5.60 Å². The first-order valence-corrected chi connectivity index (χ1v) is 9.75. The van der Waals surface area contributed by atoms with Gasteiger partial charge in [0.25, 0.3) is 0 Å². The van der Waals surface area contributed by atoms with Gasteiger partial charge in [0.2, 0.25) is 0 Å². The molecule has 4 rings (SSSR count). The van der Waals surface area contributed by atoms with E-state index in [0.29, 0.717) is 48.2 Å². The molecule has 4 aliphatic rings. The number of Topliss-reactive ketones (excluding diaryl/α,β-unsaturated/α-hetero) is 1. The molecule has 0 radical (unpaired) electrons. The molecule has 0 aromatic rings. The minimum absolute atomic E-state index is 0.0429. The number of aliphatic hydroxyl groups is 1. The average molecular weight is 330 g/mol. The van der Waals surface area contributed by atoms with Crippen LogP contribution in [0.15, 0.2) is 11.6 Å². The Bertz CT molecular complexity index is 621. The van der Waals surface area contributed by atoms with Gasteiger partial charge in [0, 0.05) is 11.8 Å². The van der Waals surface area contributed by atoms with Crippen molar-refractivity contribution in [2.45, 2.75) is 71.3 Å². The van der Waals surface area contributed by atoms with Gasteiger partial charge in [0.1, 0.15) is 5.60 Å². The van der Waals surface area contributed by atoms with Crippen molar-refractivity contribution in [1.82, 2.24) is 0 Å². The van der Waals surface area contributed by atoms with E-state index in [4.69, 9.17) is 0 Å². The summed E-state index contributed by atoms with van der Waals surface area (Å²) >= 11 is 0. The Kier molecular flexibility index (Phi) is 3.62. The van der Waals surface area contributed by atoms with Crippen LogP contribution in [-0.2, 0) is 9.59 Å². The smallest absolute Gasteiger partial charge is 0.161 e. The minimum Gasteiger partial charge on any atom is -0.382 e. The molecular weight excluding hydrogens is 300 g/mol. The summed E-state index contributed by atoms with van der Waals surface area (Å²) in [6, 6.07) is 0. The fourth-order valence-electron chi connectivity index (χ4n) is 7.09. The number of ketones is 2. The Labute approximate surface area is 144 Å². The van der Waals surface area contributed by atoms with E-state index in [1.165, 1.54) is 5.57 Å². The Balaban J connectivity index is 1.68. The van der Waals surface area contributed by atoms with Crippen molar-refractivity contribution in [3.8, 4) is 0 Å². The third-order valence-electron chi connectivity index (χ3n) is 8.40. The van der Waals surface area contributed by atoms with E-state index >= 15 is 0 Å². The molecule has 3 heteroatoms. The number of rotatable bonds is 1. The van der Waals surface area contributed by atoms with E-state index in [1.807, 2.05) is 6.08 Å². The van der Waals surface area contributed by atoms with Crippen molar-refractivity contribution < 1.29 is 14.7 Å². The SMILES string of the molecule is CC(=O)[C@@]1(O)CC[C@H]2[C@@H]3C[C@H](C)C4=CC(=O)CC[C@@H]4[C@H]3CC[C@@]21C. The summed E-state index contributed by atoms with van der Waals surface area (Å²) in [5, 5.41) is 11.1. The summed E-state index contributed by atoms with van der Waals surface area (Å²) in [5.41, 5.74) is 0.0200. The molecule has 0 aliphatic heterocycles. The zero-order chi connectivity index (χ0) is 17.3. The number of fused-ring (bicyclic) bond motifs is 5. The second kappa shape index (κ2) is 5.27. The van der Waals surface area contributed by atoms with Crippen LogP contribution in [0.3, 0.4) is 0 Å². The van der Waals surface area contributed by atoms with Crippen LogP contribution in [-0.4, -0.2) is 22.3 Å². The number of hydrogen-bond donors (Lipinski definition) is 1. The Morgan fingerprint density at radius 2 is 1.96 bits per heavy atom. The molecule has 4 aliphatic carbocycles. The predicted octanol–water partition coefficient (Wildman–Crippen LogP) is 3.69. The van der Waals surface area contributed by atoms with Gasteiger partial charge >= 0.3 is 0 Å². The lowest BCUT2D eigenvalue weighted by Crippen LogP contribution is -2.56. The van der Waals surface area contributed by atoms with E-state index in [9.17, 15) is 14.7 Å². The van der Waals surface area contributed by atoms with Gasteiger partial charge in [-0.05, 0) is 81.1 Å². The maximum atomic E-state index is 12.2. The first-order chi connectivity index (χ1) is 11.3. The summed E-state index contributed by atoms with van der Waals surface area (Å²) < 4.78 is 0. The van der Waals surface area contributed by atoms with E-state index in [0.717, 1.165) is 32.1 Å². The number of allylic oxidation sites excluding steroid dienone is 1. The standard InChI is InChI=1S/C21H30O3/c1-12-10-18-16(15-5-4-14(23)11-17(12)15)6-8-20(3)19(18)7-9-21(20,24)13(2)22/h11-12,15-16,18-19,24H,4-10H2,1-3H3/t12-,15+,16+,18+,19-,20-,21-/m0/s1. The second-order valence-electron chi connectivity index (χ2n) is 9.24. The van der Waals surface area contributed by atoms with Gasteiger partial charge in [-0.3, -0.25) is 9.59 Å². The van der Waals surface area contributed by atoms with Gasteiger partial charge in [-0.1, -0.05) is 19.4 Å². The van der Waals surface area contributed by atoms with Crippen LogP contribution < -0.4 is 0 Å². The molecule has 132 valence electrons. The Morgan fingerprint density at radius 1 is 1.21 bits per heavy atom. The lowest BCUT2D eigenvalue weighted by atomic mass is 9.49. The first kappa shape index (κ1) is 16.5. The van der Waals surface area contributed by atoms with E-state index in [1.54, 1.807) is 6.92 Å². The lowest BCUT2D eigenvalue weighted by molar-refractivity contribution is -0.158. The fourth-order valence-corrected chi connectivity index (χ4v) is 7.09. The highest BCUT2D eigenvalue weighted by Gasteiger charge is 2.64. The van der Waals surface area contributed by atoms with Gasteiger partial charge in [-0.2, -0.15) is 0 Å². The normalized spacial score (nSPS) is 50.6. The maximum Gasteiger partial charge on any atom is 0.161 e. The molecule has 0 bridgehead atoms. The maximum absolute atomic E-state index is 12.2. The third kappa shape index (κ3) is 2.00. The van der Waals surface area contributed by atoms with E-state index in [2.05, 4.69) is 13.8 Å². The third-order valence-corrected chi connectivity index (χ3v) is 8.40.